The third-order valence-corrected chi connectivity index (χ3v) is 2.58. The van der Waals surface area contributed by atoms with Crippen LogP contribution < -0.4 is 5.32 Å². The fourth-order valence-electron chi connectivity index (χ4n) is 1.64. The molecule has 3 heteroatoms. The lowest BCUT2D eigenvalue weighted by Crippen LogP contribution is -2.34. The standard InChI is InChI=1S/C13H18FNO.C2H6/c1-3-7-10(4-2)15-13(16)11-8-5-6-9-12(11)14;1-2/h5-6,8-10H,3-4,7H2,1-2H3,(H,15,16);1-2H3. The topological polar surface area (TPSA) is 29.1 Å². The number of hydrogen-bond acceptors (Lipinski definition) is 1. The van der Waals surface area contributed by atoms with E-state index >= 15 is 0 Å². The second-order valence-corrected chi connectivity index (χ2v) is 3.85. The minimum Gasteiger partial charge on any atom is -0.349 e. The largest absolute Gasteiger partial charge is 0.349 e. The van der Waals surface area contributed by atoms with Gasteiger partial charge in [-0.2, -0.15) is 0 Å². The second-order valence-electron chi connectivity index (χ2n) is 3.85. The molecule has 0 radical (unpaired) electrons. The summed E-state index contributed by atoms with van der Waals surface area (Å²) in [6, 6.07) is 6.19. The molecule has 0 bridgehead atoms. The van der Waals surface area contributed by atoms with Crippen molar-refractivity contribution in [3.63, 3.8) is 0 Å². The van der Waals surface area contributed by atoms with Crippen LogP contribution in [-0.4, -0.2) is 11.9 Å². The zero-order chi connectivity index (χ0) is 14.0. The zero-order valence-electron chi connectivity index (χ0n) is 11.8. The predicted octanol–water partition coefficient (Wildman–Crippen LogP) is 4.16. The maximum Gasteiger partial charge on any atom is 0.254 e. The van der Waals surface area contributed by atoms with Crippen LogP contribution >= 0.6 is 0 Å². The number of amides is 1. The average Bonchev–Trinajstić information content (AvgIpc) is 2.41. The molecule has 1 aromatic carbocycles. The van der Waals surface area contributed by atoms with Crippen LogP contribution in [-0.2, 0) is 0 Å². The molecule has 1 N–H and O–H groups in total. The van der Waals surface area contributed by atoms with Crippen LogP contribution in [0, 0.1) is 5.82 Å². The Morgan fingerprint density at radius 3 is 2.39 bits per heavy atom. The van der Waals surface area contributed by atoms with Crippen molar-refractivity contribution < 1.29 is 9.18 Å². The highest BCUT2D eigenvalue weighted by atomic mass is 19.1. The first kappa shape index (κ1) is 16.6. The van der Waals surface area contributed by atoms with Crippen LogP contribution in [0.1, 0.15) is 57.3 Å². The molecule has 0 aromatic heterocycles. The average molecular weight is 253 g/mol. The molecule has 0 aliphatic rings. The van der Waals surface area contributed by atoms with Crippen LogP contribution in [0.2, 0.25) is 0 Å². The van der Waals surface area contributed by atoms with Gasteiger partial charge in [0, 0.05) is 6.04 Å². The molecule has 1 amide bonds. The number of rotatable bonds is 5. The first-order valence-electron chi connectivity index (χ1n) is 6.74. The highest BCUT2D eigenvalue weighted by molar-refractivity contribution is 5.94. The summed E-state index contributed by atoms with van der Waals surface area (Å²) < 4.78 is 13.3. The van der Waals surface area contributed by atoms with Crippen molar-refractivity contribution in [3.8, 4) is 0 Å². The molecule has 1 rings (SSSR count). The number of carbonyl (C=O) groups is 1. The van der Waals surface area contributed by atoms with Crippen LogP contribution in [0.4, 0.5) is 4.39 Å². The van der Waals surface area contributed by atoms with Crippen LogP contribution in [0.25, 0.3) is 0 Å². The number of halogens is 1. The Kier molecular flexibility index (Phi) is 8.89. The molecule has 18 heavy (non-hydrogen) atoms. The van der Waals surface area contributed by atoms with Gasteiger partial charge in [0.1, 0.15) is 5.82 Å². The van der Waals surface area contributed by atoms with Crippen LogP contribution in [0.3, 0.4) is 0 Å². The fraction of sp³-hybridized carbons (Fsp3) is 0.533. The van der Waals surface area contributed by atoms with Gasteiger partial charge in [-0.1, -0.05) is 46.2 Å². The molecule has 0 aliphatic carbocycles. The molecule has 0 spiro atoms. The van der Waals surface area contributed by atoms with E-state index in [0.717, 1.165) is 19.3 Å². The lowest BCUT2D eigenvalue weighted by Gasteiger charge is -2.16. The second kappa shape index (κ2) is 9.63. The van der Waals surface area contributed by atoms with E-state index in [9.17, 15) is 9.18 Å². The quantitative estimate of drug-likeness (QED) is 0.838. The Hall–Kier alpha value is -1.38. The Labute approximate surface area is 110 Å². The summed E-state index contributed by atoms with van der Waals surface area (Å²) in [5.41, 5.74) is 0.122. The van der Waals surface area contributed by atoms with Crippen LogP contribution in [0.15, 0.2) is 24.3 Å². The van der Waals surface area contributed by atoms with E-state index in [1.54, 1.807) is 12.1 Å². The van der Waals surface area contributed by atoms with E-state index in [0.29, 0.717) is 0 Å². The van der Waals surface area contributed by atoms with Gasteiger partial charge in [0.15, 0.2) is 0 Å². The van der Waals surface area contributed by atoms with Gasteiger partial charge in [-0.3, -0.25) is 4.79 Å². The summed E-state index contributed by atoms with van der Waals surface area (Å²) in [5.74, 6) is -0.787. The first-order valence-corrected chi connectivity index (χ1v) is 6.74. The van der Waals surface area contributed by atoms with Gasteiger partial charge in [-0.25, -0.2) is 4.39 Å². The van der Waals surface area contributed by atoms with Gasteiger partial charge in [0.25, 0.3) is 5.91 Å². The van der Waals surface area contributed by atoms with Gasteiger partial charge in [0.2, 0.25) is 0 Å². The molecule has 1 atom stereocenters. The van der Waals surface area contributed by atoms with Crippen molar-refractivity contribution in [2.24, 2.45) is 0 Å². The molecule has 2 nitrogen and oxygen atoms in total. The molecule has 0 aliphatic heterocycles. The Bertz CT molecular complexity index is 352. The highest BCUT2D eigenvalue weighted by Crippen LogP contribution is 2.08. The molecule has 102 valence electrons. The Morgan fingerprint density at radius 2 is 1.89 bits per heavy atom. The Balaban J connectivity index is 0.00000137. The van der Waals surface area contributed by atoms with Gasteiger partial charge in [0.05, 0.1) is 5.56 Å². The predicted molar refractivity (Wildman–Crippen MR) is 74.2 cm³/mol. The molecule has 0 fully saturated rings. The normalized spacial score (nSPS) is 11.2. The molecule has 0 saturated heterocycles. The van der Waals surface area contributed by atoms with E-state index in [1.165, 1.54) is 12.1 Å². The lowest BCUT2D eigenvalue weighted by atomic mass is 10.1. The molecule has 1 unspecified atom stereocenters. The lowest BCUT2D eigenvalue weighted by molar-refractivity contribution is 0.0929. The van der Waals surface area contributed by atoms with Crippen molar-refractivity contribution in [2.75, 3.05) is 0 Å². The third kappa shape index (κ3) is 5.30. The molecule has 1 aromatic rings. The Morgan fingerprint density at radius 1 is 1.28 bits per heavy atom. The van der Waals surface area contributed by atoms with Crippen molar-refractivity contribution >= 4 is 5.91 Å². The van der Waals surface area contributed by atoms with Crippen molar-refractivity contribution in [1.29, 1.82) is 0 Å². The highest BCUT2D eigenvalue weighted by Gasteiger charge is 2.14. The molecule has 0 heterocycles. The third-order valence-electron chi connectivity index (χ3n) is 2.58. The number of nitrogens with one attached hydrogen (secondary N) is 1. The summed E-state index contributed by atoms with van der Waals surface area (Å²) in [7, 11) is 0. The zero-order valence-corrected chi connectivity index (χ0v) is 11.8. The van der Waals surface area contributed by atoms with E-state index in [4.69, 9.17) is 0 Å². The molecular formula is C15H24FNO. The van der Waals surface area contributed by atoms with E-state index < -0.39 is 5.82 Å². The van der Waals surface area contributed by atoms with Crippen LogP contribution in [0.5, 0.6) is 0 Å². The smallest absolute Gasteiger partial charge is 0.254 e. The van der Waals surface area contributed by atoms with Crippen molar-refractivity contribution in [3.05, 3.63) is 35.6 Å². The summed E-state index contributed by atoms with van der Waals surface area (Å²) in [6.45, 7) is 8.08. The minimum atomic E-state index is -0.466. The van der Waals surface area contributed by atoms with Gasteiger partial charge in [-0.05, 0) is 25.0 Å². The molecule has 0 saturated carbocycles. The first-order chi connectivity index (χ1) is 8.69. The maximum atomic E-state index is 13.3. The van der Waals surface area contributed by atoms with Gasteiger partial charge < -0.3 is 5.32 Å². The SMILES string of the molecule is CC.CCCC(CC)NC(=O)c1ccccc1F. The fourth-order valence-corrected chi connectivity index (χ4v) is 1.64. The van der Waals surface area contributed by atoms with E-state index in [1.807, 2.05) is 20.8 Å². The minimum absolute atomic E-state index is 0.122. The van der Waals surface area contributed by atoms with Crippen molar-refractivity contribution in [1.82, 2.24) is 5.32 Å². The monoisotopic (exact) mass is 253 g/mol. The van der Waals surface area contributed by atoms with E-state index in [-0.39, 0.29) is 17.5 Å². The summed E-state index contributed by atoms with van der Waals surface area (Å²) in [4.78, 5) is 11.8. The number of benzene rings is 1. The maximum absolute atomic E-state index is 13.3. The summed E-state index contributed by atoms with van der Waals surface area (Å²) in [6.07, 6.45) is 2.81. The van der Waals surface area contributed by atoms with Gasteiger partial charge >= 0.3 is 0 Å². The number of hydrogen-bond donors (Lipinski definition) is 1. The summed E-state index contributed by atoms with van der Waals surface area (Å²) in [5, 5.41) is 2.85. The summed E-state index contributed by atoms with van der Waals surface area (Å²) >= 11 is 0. The van der Waals surface area contributed by atoms with Gasteiger partial charge in [-0.15, -0.1) is 0 Å². The van der Waals surface area contributed by atoms with Crippen molar-refractivity contribution in [2.45, 2.75) is 53.0 Å². The molecular weight excluding hydrogens is 229 g/mol. The number of carbonyl (C=O) groups excluding carboxylic acids is 1. The van der Waals surface area contributed by atoms with E-state index in [2.05, 4.69) is 12.2 Å².